The molecule has 1 aliphatic carbocycles. The molecule has 0 unspecified atom stereocenters. The zero-order valence-corrected chi connectivity index (χ0v) is 12.0. The van der Waals surface area contributed by atoms with Crippen molar-refractivity contribution < 1.29 is 47.9 Å². The molecule has 1 fully saturated rings. The van der Waals surface area contributed by atoms with E-state index < -0.39 is 27.2 Å². The van der Waals surface area contributed by atoms with Crippen LogP contribution < -0.4 is 29.6 Å². The first-order chi connectivity index (χ1) is 6.47. The Kier molecular flexibility index (Phi) is 6.70. The molecule has 0 amide bonds. The van der Waals surface area contributed by atoms with Crippen molar-refractivity contribution in [2.75, 3.05) is 0 Å². The van der Waals surface area contributed by atoms with Crippen molar-refractivity contribution in [3.8, 4) is 0 Å². The van der Waals surface area contributed by atoms with Gasteiger partial charge in [0.05, 0.1) is 15.9 Å². The van der Waals surface area contributed by atoms with Crippen LogP contribution in [0.3, 0.4) is 0 Å². The summed E-state index contributed by atoms with van der Waals surface area (Å²) in [5.41, 5.74) is 0. The fourth-order valence-electron chi connectivity index (χ4n) is 1.66. The maximum atomic E-state index is 11.2. The van der Waals surface area contributed by atoms with Gasteiger partial charge in [0.1, 0.15) is 0 Å². The first-order valence-corrected chi connectivity index (χ1v) is 6.11. The Labute approximate surface area is 116 Å². The predicted molar refractivity (Wildman–Crippen MR) is 51.5 cm³/mol. The molecule has 82 valence electrons. The summed E-state index contributed by atoms with van der Waals surface area (Å²) in [5.74, 6) is -1.28. The molecule has 1 N–H and O–H groups in total. The number of nitrogens with zero attached hydrogens (tertiary/aromatic N) is 1. The molecule has 0 atom stereocenters. The Bertz CT molecular complexity index is 313. The molecule has 5 nitrogen and oxygen atoms in total. The molecule has 1 aliphatic rings. The first kappa shape index (κ1) is 15.7. The van der Waals surface area contributed by atoms with E-state index in [1.54, 1.807) is 0 Å². The zero-order chi connectivity index (χ0) is 10.8. The minimum absolute atomic E-state index is 0. The van der Waals surface area contributed by atoms with Crippen LogP contribution in [0.1, 0.15) is 25.7 Å². The average Bonchev–Trinajstić information content (AvgIpc) is 2.18. The largest absolute Gasteiger partial charge is 1.00 e. The summed E-state index contributed by atoms with van der Waals surface area (Å²) >= 11 is 4.95. The van der Waals surface area contributed by atoms with Gasteiger partial charge in [-0.3, -0.25) is 16.6 Å². The molecule has 15 heavy (non-hydrogen) atoms. The number of halogens is 1. The minimum Gasteiger partial charge on any atom is -0.481 e. The molecule has 0 heterocycles. The van der Waals surface area contributed by atoms with Crippen molar-refractivity contribution in [2.45, 2.75) is 30.9 Å². The molecule has 0 bridgehead atoms. The summed E-state index contributed by atoms with van der Waals surface area (Å²) in [6, 6.07) is 0. The van der Waals surface area contributed by atoms with Gasteiger partial charge in [-0.05, 0) is 25.7 Å². The third-order valence-electron chi connectivity index (χ3n) is 2.54. The molecule has 0 aromatic carbocycles. The van der Waals surface area contributed by atoms with E-state index in [-0.39, 0.29) is 29.6 Å². The topological polar surface area (TPSA) is 85.5 Å². The van der Waals surface area contributed by atoms with Gasteiger partial charge in [0, 0.05) is 5.25 Å². The van der Waals surface area contributed by atoms with Gasteiger partial charge in [-0.15, -0.1) is 0 Å². The molecule has 0 spiro atoms. The van der Waals surface area contributed by atoms with Crippen molar-refractivity contribution in [2.24, 2.45) is 5.92 Å². The number of carboxylic acids is 1. The van der Waals surface area contributed by atoms with Gasteiger partial charge in [0.25, 0.3) is 0 Å². The summed E-state index contributed by atoms with van der Waals surface area (Å²) < 4.78 is 25.2. The standard InChI is InChI=1S/C7H11ClNO4S.Na/c8-9-14(12,13)6-3-1-5(2-4-6)7(10)11;/h5-6H,1-4H2,(H,10,11);/q-1;+1. The fourth-order valence-corrected chi connectivity index (χ4v) is 2.98. The summed E-state index contributed by atoms with van der Waals surface area (Å²) in [5, 5.41) is 8.08. The second-order valence-corrected chi connectivity index (χ2v) is 5.64. The number of hydrogen-bond donors (Lipinski definition) is 1. The fraction of sp³-hybridized carbons (Fsp3) is 0.857. The number of aliphatic carboxylic acids is 1. The molecule has 0 aromatic heterocycles. The minimum atomic E-state index is -3.57. The van der Waals surface area contributed by atoms with Crippen LogP contribution in [0, 0.1) is 5.92 Å². The molecule has 0 saturated heterocycles. The summed E-state index contributed by atoms with van der Waals surface area (Å²) in [7, 11) is -3.57. The molecule has 1 rings (SSSR count). The van der Waals surface area contributed by atoms with Crippen LogP contribution in [0.5, 0.6) is 0 Å². The van der Waals surface area contributed by atoms with Crippen molar-refractivity contribution in [1.82, 2.24) is 0 Å². The van der Waals surface area contributed by atoms with E-state index in [9.17, 15) is 13.2 Å². The Morgan fingerprint density at radius 3 is 2.07 bits per heavy atom. The number of sulfonamides is 1. The van der Waals surface area contributed by atoms with E-state index in [2.05, 4.69) is 4.24 Å². The first-order valence-electron chi connectivity index (χ1n) is 4.27. The van der Waals surface area contributed by atoms with Gasteiger partial charge in [-0.25, -0.2) is 8.42 Å². The molecule has 8 heteroatoms. The normalized spacial score (nSPS) is 26.7. The molecular formula is C7H11ClNNaO4S. The SMILES string of the molecule is O=C(O)C1CCC(S(=O)(=O)[N-]Cl)CC1.[Na+]. The van der Waals surface area contributed by atoms with E-state index >= 15 is 0 Å². The van der Waals surface area contributed by atoms with Gasteiger partial charge in [-0.2, -0.15) is 0 Å². The number of carbonyl (C=O) groups is 1. The van der Waals surface area contributed by atoms with E-state index in [0.717, 1.165) is 0 Å². The van der Waals surface area contributed by atoms with Gasteiger partial charge in [-0.1, -0.05) is 0 Å². The van der Waals surface area contributed by atoms with Crippen LogP contribution in [-0.2, 0) is 14.8 Å². The summed E-state index contributed by atoms with van der Waals surface area (Å²) in [6.45, 7) is 0. The Hall–Kier alpha value is 0.670. The average molecular weight is 264 g/mol. The van der Waals surface area contributed by atoms with Gasteiger partial charge in [0.2, 0.25) is 0 Å². The summed E-state index contributed by atoms with van der Waals surface area (Å²) in [6.07, 6.45) is 1.42. The maximum Gasteiger partial charge on any atom is 1.00 e. The van der Waals surface area contributed by atoms with E-state index in [1.807, 2.05) is 0 Å². The smallest absolute Gasteiger partial charge is 0.481 e. The Morgan fingerprint density at radius 1 is 1.27 bits per heavy atom. The molecule has 0 aromatic rings. The number of rotatable bonds is 3. The van der Waals surface area contributed by atoms with Crippen LogP contribution in [0.2, 0.25) is 0 Å². The van der Waals surface area contributed by atoms with Crippen molar-refractivity contribution in [3.05, 3.63) is 4.24 Å². The Balaban J connectivity index is 0.00000196. The summed E-state index contributed by atoms with van der Waals surface area (Å²) in [4.78, 5) is 10.6. The molecular weight excluding hydrogens is 253 g/mol. The molecule has 1 saturated carbocycles. The van der Waals surface area contributed by atoms with Gasteiger partial charge in [0.15, 0.2) is 0 Å². The van der Waals surface area contributed by atoms with Crippen molar-refractivity contribution >= 4 is 27.8 Å². The predicted octanol–water partition coefficient (Wildman–Crippen LogP) is -1.51. The van der Waals surface area contributed by atoms with E-state index in [1.165, 1.54) is 0 Å². The van der Waals surface area contributed by atoms with Gasteiger partial charge >= 0.3 is 35.5 Å². The van der Waals surface area contributed by atoms with Crippen molar-refractivity contribution in [1.29, 1.82) is 0 Å². The van der Waals surface area contributed by atoms with Crippen LogP contribution in [0.15, 0.2) is 0 Å². The van der Waals surface area contributed by atoms with Crippen LogP contribution in [0.4, 0.5) is 0 Å². The van der Waals surface area contributed by atoms with Gasteiger partial charge < -0.3 is 9.35 Å². The monoisotopic (exact) mass is 263 g/mol. The van der Waals surface area contributed by atoms with E-state index in [4.69, 9.17) is 16.9 Å². The van der Waals surface area contributed by atoms with Crippen LogP contribution in [0.25, 0.3) is 4.24 Å². The second-order valence-electron chi connectivity index (χ2n) is 3.40. The third-order valence-corrected chi connectivity index (χ3v) is 4.62. The zero-order valence-electron chi connectivity index (χ0n) is 8.39. The quantitative estimate of drug-likeness (QED) is 0.628. The molecule has 0 aliphatic heterocycles. The van der Waals surface area contributed by atoms with Crippen LogP contribution >= 0.6 is 11.8 Å². The number of carboxylic acid groups (broad SMARTS) is 1. The van der Waals surface area contributed by atoms with Crippen molar-refractivity contribution in [3.63, 3.8) is 0 Å². The number of hydrogen-bond acceptors (Lipinski definition) is 3. The third kappa shape index (κ3) is 4.20. The van der Waals surface area contributed by atoms with E-state index in [0.29, 0.717) is 25.7 Å². The Morgan fingerprint density at radius 2 is 1.73 bits per heavy atom. The molecule has 0 radical (unpaired) electrons. The van der Waals surface area contributed by atoms with Crippen LogP contribution in [-0.4, -0.2) is 24.7 Å². The maximum absolute atomic E-state index is 11.2. The second kappa shape index (κ2) is 6.42.